The second-order valence-electron chi connectivity index (χ2n) is 8.07. The number of benzene rings is 3. The molecule has 0 atom stereocenters. The van der Waals surface area contributed by atoms with E-state index in [2.05, 4.69) is 37.8 Å². The Morgan fingerprint density at radius 2 is 1.89 bits per heavy atom. The lowest BCUT2D eigenvalue weighted by Gasteiger charge is -2.13. The Morgan fingerprint density at radius 1 is 1.05 bits per heavy atom. The summed E-state index contributed by atoms with van der Waals surface area (Å²) >= 11 is 6.42. The van der Waals surface area contributed by atoms with Crippen molar-refractivity contribution < 1.29 is 18.7 Å². The number of fused-ring (bicyclic) bond motifs is 1. The van der Waals surface area contributed by atoms with Gasteiger partial charge in [-0.1, -0.05) is 29.7 Å². The predicted molar refractivity (Wildman–Crippen MR) is 145 cm³/mol. The molecule has 0 aliphatic rings. The van der Waals surface area contributed by atoms with Crippen LogP contribution in [0, 0.1) is 17.7 Å². The smallest absolute Gasteiger partial charge is 0.295 e. The first kappa shape index (κ1) is 26.4. The monoisotopic (exact) mass is 531 g/mol. The molecule has 4 aromatic rings. The van der Waals surface area contributed by atoms with E-state index in [0.717, 1.165) is 0 Å². The second-order valence-corrected chi connectivity index (χ2v) is 8.48. The maximum Gasteiger partial charge on any atom is 0.295 e. The van der Waals surface area contributed by atoms with E-state index < -0.39 is 5.91 Å². The van der Waals surface area contributed by atoms with Gasteiger partial charge in [0.2, 0.25) is 5.91 Å². The molecule has 0 saturated carbocycles. The summed E-state index contributed by atoms with van der Waals surface area (Å²) in [5.41, 5.74) is 2.58. The fraction of sp³-hybridized carbons (Fsp3) is 0.143. The van der Waals surface area contributed by atoms with E-state index in [9.17, 15) is 14.0 Å². The largest absolute Gasteiger partial charge is 0.487 e. The van der Waals surface area contributed by atoms with Crippen LogP contribution in [0.4, 0.5) is 21.6 Å². The average Bonchev–Trinajstić information content (AvgIpc) is 2.89. The van der Waals surface area contributed by atoms with Crippen molar-refractivity contribution in [2.24, 2.45) is 0 Å². The molecule has 3 N–H and O–H groups in total. The molecule has 0 spiro atoms. The van der Waals surface area contributed by atoms with E-state index in [1.54, 1.807) is 55.5 Å². The Morgan fingerprint density at radius 3 is 2.68 bits per heavy atom. The Balaban J connectivity index is 1.43. The van der Waals surface area contributed by atoms with Crippen molar-refractivity contribution in [3.8, 4) is 17.6 Å². The molecule has 1 aromatic heterocycles. The topological polar surface area (TPSA) is 105 Å². The molecule has 4 rings (SSSR count). The van der Waals surface area contributed by atoms with E-state index >= 15 is 0 Å². The van der Waals surface area contributed by atoms with Crippen molar-refractivity contribution in [2.45, 2.75) is 20.0 Å². The molecule has 0 radical (unpaired) electrons. The molecule has 0 aliphatic carbocycles. The maximum atomic E-state index is 13.4. The van der Waals surface area contributed by atoms with Gasteiger partial charge in [-0.3, -0.25) is 9.59 Å². The summed E-state index contributed by atoms with van der Waals surface area (Å²) in [6.45, 7) is 1.91. The van der Waals surface area contributed by atoms with Crippen molar-refractivity contribution in [3.63, 3.8) is 0 Å². The van der Waals surface area contributed by atoms with E-state index in [4.69, 9.17) is 16.3 Å². The number of aromatic nitrogens is 2. The first-order valence-corrected chi connectivity index (χ1v) is 12.0. The van der Waals surface area contributed by atoms with Gasteiger partial charge in [-0.15, -0.1) is 0 Å². The zero-order valence-corrected chi connectivity index (χ0v) is 21.1. The number of rotatable bonds is 9. The standard InChI is InChI=1S/C28H23ClFN5O3/c1-2-4-26(36)31-12-11-27(37)34-20-7-9-24-22(14-20)28(33-17-32-24)35-21-8-10-25(23(29)15-21)38-16-18-5-3-6-19(30)13-18/h3,5-10,13-15,17H,11-12,16H2,1H3,(H,31,36)(H,34,37)(H,32,33,35). The third kappa shape index (κ3) is 7.18. The van der Waals surface area contributed by atoms with Gasteiger partial charge in [0.15, 0.2) is 0 Å². The van der Waals surface area contributed by atoms with Crippen LogP contribution in [0.25, 0.3) is 10.9 Å². The van der Waals surface area contributed by atoms with Gasteiger partial charge >= 0.3 is 0 Å². The van der Waals surface area contributed by atoms with Crippen molar-refractivity contribution in [2.75, 3.05) is 17.2 Å². The minimum absolute atomic E-state index is 0.0949. The van der Waals surface area contributed by atoms with E-state index in [0.29, 0.717) is 44.4 Å². The van der Waals surface area contributed by atoms with Crippen molar-refractivity contribution in [1.82, 2.24) is 15.3 Å². The van der Waals surface area contributed by atoms with Crippen molar-refractivity contribution in [3.05, 3.63) is 83.4 Å². The fourth-order valence-electron chi connectivity index (χ4n) is 3.52. The van der Waals surface area contributed by atoms with Gasteiger partial charge in [-0.25, -0.2) is 14.4 Å². The normalized spacial score (nSPS) is 10.3. The fourth-order valence-corrected chi connectivity index (χ4v) is 3.76. The van der Waals surface area contributed by atoms with Crippen LogP contribution in [0.5, 0.6) is 5.75 Å². The Hall–Kier alpha value is -4.68. The Bertz CT molecular complexity index is 1550. The van der Waals surface area contributed by atoms with Crippen LogP contribution in [0.3, 0.4) is 0 Å². The molecule has 1 heterocycles. The zero-order valence-electron chi connectivity index (χ0n) is 20.3. The Kier molecular flexibility index (Phi) is 8.69. The van der Waals surface area contributed by atoms with Crippen LogP contribution >= 0.6 is 11.6 Å². The number of amides is 2. The molecule has 0 saturated heterocycles. The molecule has 8 nitrogen and oxygen atoms in total. The van der Waals surface area contributed by atoms with Crippen molar-refractivity contribution >= 4 is 51.5 Å². The maximum absolute atomic E-state index is 13.4. The quantitative estimate of drug-likeness (QED) is 0.256. The SMILES string of the molecule is CC#CC(=O)NCCC(=O)Nc1ccc2ncnc(Nc3ccc(OCc4cccc(F)c4)c(Cl)c3)c2c1. The number of carbonyl (C=O) groups is 2. The van der Waals surface area contributed by atoms with Gasteiger partial charge in [0.05, 0.1) is 10.5 Å². The molecule has 38 heavy (non-hydrogen) atoms. The molecule has 0 unspecified atom stereocenters. The van der Waals surface area contributed by atoms with E-state index in [-0.39, 0.29) is 31.3 Å². The lowest BCUT2D eigenvalue weighted by molar-refractivity contribution is -0.117. The van der Waals surface area contributed by atoms with Gasteiger partial charge in [0.25, 0.3) is 5.91 Å². The van der Waals surface area contributed by atoms with Gasteiger partial charge in [-0.05, 0) is 66.9 Å². The second kappa shape index (κ2) is 12.5. The molecular formula is C28H23ClFN5O3. The third-order valence-corrected chi connectivity index (χ3v) is 5.57. The molecule has 0 fully saturated rings. The van der Waals surface area contributed by atoms with E-state index in [1.165, 1.54) is 18.5 Å². The highest BCUT2D eigenvalue weighted by Crippen LogP contribution is 2.31. The minimum atomic E-state index is -0.426. The minimum Gasteiger partial charge on any atom is -0.487 e. The number of halogens is 2. The predicted octanol–water partition coefficient (Wildman–Crippen LogP) is 5.21. The highest BCUT2D eigenvalue weighted by molar-refractivity contribution is 6.32. The lowest BCUT2D eigenvalue weighted by Crippen LogP contribution is -2.26. The summed E-state index contributed by atoms with van der Waals surface area (Å²) in [4.78, 5) is 32.3. The number of anilines is 3. The molecular weight excluding hydrogens is 509 g/mol. The van der Waals surface area contributed by atoms with Gasteiger partial charge in [-0.2, -0.15) is 0 Å². The summed E-state index contributed by atoms with van der Waals surface area (Å²) < 4.78 is 19.1. The van der Waals surface area contributed by atoms with Crippen LogP contribution in [-0.4, -0.2) is 28.3 Å². The van der Waals surface area contributed by atoms with Crippen LogP contribution in [-0.2, 0) is 16.2 Å². The number of hydrogen-bond acceptors (Lipinski definition) is 6. The average molecular weight is 532 g/mol. The van der Waals surface area contributed by atoms with Gasteiger partial charge < -0.3 is 20.7 Å². The molecule has 0 bridgehead atoms. The highest BCUT2D eigenvalue weighted by Gasteiger charge is 2.10. The number of hydrogen-bond donors (Lipinski definition) is 3. The van der Waals surface area contributed by atoms with Crippen LogP contribution in [0.1, 0.15) is 18.9 Å². The molecule has 0 aliphatic heterocycles. The van der Waals surface area contributed by atoms with Crippen LogP contribution < -0.4 is 20.7 Å². The summed E-state index contributed by atoms with van der Waals surface area (Å²) in [5.74, 6) is 4.81. The van der Waals surface area contributed by atoms with Gasteiger partial charge in [0, 0.05) is 29.7 Å². The van der Waals surface area contributed by atoms with Crippen LogP contribution in [0.2, 0.25) is 5.02 Å². The number of carbonyl (C=O) groups excluding carboxylic acids is 2. The number of ether oxygens (including phenoxy) is 1. The molecule has 10 heteroatoms. The number of nitrogens with one attached hydrogen (secondary N) is 3. The molecule has 2 amide bonds. The molecule has 3 aromatic carbocycles. The number of nitrogens with zero attached hydrogens (tertiary/aromatic N) is 2. The van der Waals surface area contributed by atoms with E-state index in [1.807, 2.05) is 0 Å². The summed E-state index contributed by atoms with van der Waals surface area (Å²) in [7, 11) is 0. The van der Waals surface area contributed by atoms with Crippen LogP contribution in [0.15, 0.2) is 67.0 Å². The third-order valence-electron chi connectivity index (χ3n) is 5.27. The first-order chi connectivity index (χ1) is 18.4. The lowest BCUT2D eigenvalue weighted by atomic mass is 10.2. The Labute approximate surface area is 223 Å². The first-order valence-electron chi connectivity index (χ1n) is 11.6. The van der Waals surface area contributed by atoms with Gasteiger partial charge in [0.1, 0.15) is 30.3 Å². The highest BCUT2D eigenvalue weighted by atomic mass is 35.5. The summed E-state index contributed by atoms with van der Waals surface area (Å²) in [5, 5.41) is 9.63. The summed E-state index contributed by atoms with van der Waals surface area (Å²) in [6.07, 6.45) is 1.53. The van der Waals surface area contributed by atoms with Crippen molar-refractivity contribution in [1.29, 1.82) is 0 Å². The zero-order chi connectivity index (χ0) is 26.9. The molecule has 192 valence electrons. The summed E-state index contributed by atoms with van der Waals surface area (Å²) in [6, 6.07) is 16.6.